The number of rotatable bonds is 1. The second kappa shape index (κ2) is 4.94. The van der Waals surface area contributed by atoms with E-state index in [0.717, 1.165) is 40.2 Å². The van der Waals surface area contributed by atoms with Crippen LogP contribution in [0.15, 0.2) is 30.5 Å². The van der Waals surface area contributed by atoms with Crippen LogP contribution in [0.2, 0.25) is 0 Å². The summed E-state index contributed by atoms with van der Waals surface area (Å²) in [5.41, 5.74) is 1.30. The lowest BCUT2D eigenvalue weighted by atomic mass is 10.1. The maximum Gasteiger partial charge on any atom is 0.416 e. The third-order valence-corrected chi connectivity index (χ3v) is 4.28. The van der Waals surface area contributed by atoms with Crippen LogP contribution in [0.5, 0.6) is 0 Å². The highest BCUT2D eigenvalue weighted by Crippen LogP contribution is 2.31. The fourth-order valence-corrected chi connectivity index (χ4v) is 2.87. The van der Waals surface area contributed by atoms with Gasteiger partial charge in [-0.2, -0.15) is 18.3 Å². The minimum atomic E-state index is -4.28. The van der Waals surface area contributed by atoms with Crippen molar-refractivity contribution in [3.8, 4) is 0 Å². The molecule has 0 radical (unpaired) electrons. The van der Waals surface area contributed by atoms with Gasteiger partial charge < -0.3 is 4.90 Å². The van der Waals surface area contributed by atoms with Gasteiger partial charge in [0.05, 0.1) is 34.1 Å². The number of aromatic nitrogens is 2. The van der Waals surface area contributed by atoms with Crippen LogP contribution in [0.4, 0.5) is 18.9 Å². The summed E-state index contributed by atoms with van der Waals surface area (Å²) in [5.74, 6) is 0. The van der Waals surface area contributed by atoms with Crippen LogP contribution in [0, 0.1) is 3.57 Å². The van der Waals surface area contributed by atoms with E-state index in [0.29, 0.717) is 6.54 Å². The molecule has 0 amide bonds. The summed E-state index contributed by atoms with van der Waals surface area (Å²) in [6.07, 6.45) is -2.47. The SMILES string of the molecule is FC(F)(F)c1ccc(N2CCn3ncc(I)c3C2)cc1. The molecule has 106 valence electrons. The van der Waals surface area contributed by atoms with Crippen molar-refractivity contribution in [2.45, 2.75) is 19.3 Å². The van der Waals surface area contributed by atoms with Gasteiger partial charge in [-0.15, -0.1) is 0 Å². The third-order valence-electron chi connectivity index (χ3n) is 3.38. The van der Waals surface area contributed by atoms with Crippen molar-refractivity contribution in [1.29, 1.82) is 0 Å². The molecule has 0 aliphatic carbocycles. The fourth-order valence-electron chi connectivity index (χ4n) is 2.29. The summed E-state index contributed by atoms with van der Waals surface area (Å²) >= 11 is 2.22. The highest BCUT2D eigenvalue weighted by atomic mass is 127. The number of anilines is 1. The number of fused-ring (bicyclic) bond motifs is 1. The predicted molar refractivity (Wildman–Crippen MR) is 77.4 cm³/mol. The molecule has 0 spiro atoms. The van der Waals surface area contributed by atoms with E-state index in [1.807, 2.05) is 10.9 Å². The molecule has 1 aliphatic heterocycles. The zero-order chi connectivity index (χ0) is 14.3. The van der Waals surface area contributed by atoms with Crippen LogP contribution in [0.3, 0.4) is 0 Å². The maximum atomic E-state index is 12.5. The fraction of sp³-hybridized carbons (Fsp3) is 0.308. The van der Waals surface area contributed by atoms with Crippen LogP contribution in [0.1, 0.15) is 11.3 Å². The van der Waals surface area contributed by atoms with Crippen LogP contribution >= 0.6 is 22.6 Å². The van der Waals surface area contributed by atoms with Gasteiger partial charge in [0.1, 0.15) is 0 Å². The highest BCUT2D eigenvalue weighted by Gasteiger charge is 2.30. The Bertz CT molecular complexity index is 619. The third kappa shape index (κ3) is 2.50. The summed E-state index contributed by atoms with van der Waals surface area (Å²) in [6.45, 7) is 2.17. The molecule has 1 aliphatic rings. The summed E-state index contributed by atoms with van der Waals surface area (Å²) in [7, 11) is 0. The van der Waals surface area contributed by atoms with Gasteiger partial charge in [-0.25, -0.2) is 0 Å². The number of halogens is 4. The van der Waals surface area contributed by atoms with Crippen molar-refractivity contribution in [3.63, 3.8) is 0 Å². The Kier molecular flexibility index (Phi) is 3.39. The molecule has 0 bridgehead atoms. The van der Waals surface area contributed by atoms with Crippen molar-refractivity contribution in [1.82, 2.24) is 9.78 Å². The van der Waals surface area contributed by atoms with E-state index >= 15 is 0 Å². The van der Waals surface area contributed by atoms with E-state index < -0.39 is 11.7 Å². The van der Waals surface area contributed by atoms with Gasteiger partial charge in [-0.3, -0.25) is 4.68 Å². The Morgan fingerprint density at radius 2 is 1.80 bits per heavy atom. The van der Waals surface area contributed by atoms with Gasteiger partial charge in [0, 0.05) is 12.2 Å². The Morgan fingerprint density at radius 1 is 1.10 bits per heavy atom. The molecular formula is C13H11F3IN3. The standard InChI is InChI=1S/C13H11F3IN3/c14-13(15,16)9-1-3-10(4-2-9)19-5-6-20-12(8-19)11(17)7-18-20/h1-4,7H,5-6,8H2. The van der Waals surface area contributed by atoms with Gasteiger partial charge in [0.15, 0.2) is 0 Å². The second-order valence-electron chi connectivity index (χ2n) is 4.63. The topological polar surface area (TPSA) is 21.1 Å². The quantitative estimate of drug-likeness (QED) is 0.692. The molecule has 0 unspecified atom stereocenters. The number of nitrogens with zero attached hydrogens (tertiary/aromatic N) is 3. The molecule has 2 heterocycles. The van der Waals surface area contributed by atoms with Crippen LogP contribution < -0.4 is 4.90 Å². The second-order valence-corrected chi connectivity index (χ2v) is 5.79. The maximum absolute atomic E-state index is 12.5. The molecule has 0 N–H and O–H groups in total. The molecule has 0 atom stereocenters. The average molecular weight is 393 g/mol. The molecule has 3 nitrogen and oxygen atoms in total. The Labute approximate surface area is 127 Å². The van der Waals surface area contributed by atoms with Gasteiger partial charge in [0.25, 0.3) is 0 Å². The molecule has 7 heteroatoms. The monoisotopic (exact) mass is 393 g/mol. The van der Waals surface area contributed by atoms with E-state index in [-0.39, 0.29) is 0 Å². The predicted octanol–water partition coefficient (Wildman–Crippen LogP) is 3.53. The molecule has 0 saturated heterocycles. The molecular weight excluding hydrogens is 382 g/mol. The van der Waals surface area contributed by atoms with Crippen molar-refractivity contribution in [2.75, 3.05) is 11.4 Å². The first kappa shape index (κ1) is 13.7. The van der Waals surface area contributed by atoms with Crippen molar-refractivity contribution in [2.24, 2.45) is 0 Å². The molecule has 20 heavy (non-hydrogen) atoms. The smallest absolute Gasteiger partial charge is 0.364 e. The minimum Gasteiger partial charge on any atom is -0.364 e. The van der Waals surface area contributed by atoms with Crippen LogP contribution in [-0.4, -0.2) is 16.3 Å². The first-order valence-corrected chi connectivity index (χ1v) is 7.15. The average Bonchev–Trinajstić information content (AvgIpc) is 2.79. The molecule has 3 rings (SSSR count). The van der Waals surface area contributed by atoms with Crippen molar-refractivity contribution < 1.29 is 13.2 Å². The number of benzene rings is 1. The van der Waals surface area contributed by atoms with Crippen molar-refractivity contribution >= 4 is 28.3 Å². The molecule has 2 aromatic rings. The largest absolute Gasteiger partial charge is 0.416 e. The van der Waals surface area contributed by atoms with Crippen LogP contribution in [-0.2, 0) is 19.3 Å². The van der Waals surface area contributed by atoms with Gasteiger partial charge >= 0.3 is 6.18 Å². The summed E-state index contributed by atoms with van der Waals surface area (Å²) in [4.78, 5) is 2.07. The zero-order valence-electron chi connectivity index (χ0n) is 10.4. The van der Waals surface area contributed by atoms with Gasteiger partial charge in [0.2, 0.25) is 0 Å². The molecule has 1 aromatic carbocycles. The molecule has 0 saturated carbocycles. The first-order chi connectivity index (χ1) is 9.45. The lowest BCUT2D eigenvalue weighted by Crippen LogP contribution is -2.34. The lowest BCUT2D eigenvalue weighted by molar-refractivity contribution is -0.137. The molecule has 0 fully saturated rings. The Morgan fingerprint density at radius 3 is 2.45 bits per heavy atom. The Balaban J connectivity index is 1.83. The molecule has 1 aromatic heterocycles. The summed E-state index contributed by atoms with van der Waals surface area (Å²) in [5, 5.41) is 4.26. The van der Waals surface area contributed by atoms with Crippen LogP contribution in [0.25, 0.3) is 0 Å². The van der Waals surface area contributed by atoms with Crippen molar-refractivity contribution in [3.05, 3.63) is 45.3 Å². The number of alkyl halides is 3. The van der Waals surface area contributed by atoms with Gasteiger partial charge in [-0.05, 0) is 46.9 Å². The van der Waals surface area contributed by atoms with E-state index in [2.05, 4.69) is 32.6 Å². The van der Waals surface area contributed by atoms with E-state index in [1.54, 1.807) is 0 Å². The van der Waals surface area contributed by atoms with E-state index in [4.69, 9.17) is 0 Å². The lowest BCUT2D eigenvalue weighted by Gasteiger charge is -2.30. The first-order valence-electron chi connectivity index (χ1n) is 6.07. The zero-order valence-corrected chi connectivity index (χ0v) is 12.5. The summed E-state index contributed by atoms with van der Waals surface area (Å²) < 4.78 is 40.7. The normalized spacial score (nSPS) is 15.3. The number of hydrogen-bond donors (Lipinski definition) is 0. The van der Waals surface area contributed by atoms with E-state index in [9.17, 15) is 13.2 Å². The Hall–Kier alpha value is -1.25. The van der Waals surface area contributed by atoms with E-state index in [1.165, 1.54) is 12.1 Å². The number of hydrogen-bond acceptors (Lipinski definition) is 2. The minimum absolute atomic E-state index is 0.613. The summed E-state index contributed by atoms with van der Waals surface area (Å²) in [6, 6.07) is 5.32. The highest BCUT2D eigenvalue weighted by molar-refractivity contribution is 14.1. The van der Waals surface area contributed by atoms with Gasteiger partial charge in [-0.1, -0.05) is 0 Å².